The van der Waals surface area contributed by atoms with Crippen LogP contribution in [-0.2, 0) is 15.9 Å². The molecular weight excluding hydrogens is 566 g/mol. The van der Waals surface area contributed by atoms with Crippen LogP contribution in [0.15, 0.2) is 18.3 Å². The number of carbonyl (C=O) groups is 2. The van der Waals surface area contributed by atoms with Gasteiger partial charge in [0.25, 0.3) is 5.91 Å². The molecule has 0 radical (unpaired) electrons. The van der Waals surface area contributed by atoms with Crippen LogP contribution >= 0.6 is 0 Å². The molecule has 3 aromatic heterocycles. The summed E-state index contributed by atoms with van der Waals surface area (Å²) in [5.41, 5.74) is 3.32. The van der Waals surface area contributed by atoms with Gasteiger partial charge >= 0.3 is 6.09 Å². The number of nitrogens with zero attached hydrogens (tertiary/aromatic N) is 7. The van der Waals surface area contributed by atoms with Crippen molar-refractivity contribution in [3.63, 3.8) is 0 Å². The minimum absolute atomic E-state index is 0.164. The lowest BCUT2D eigenvalue weighted by Gasteiger charge is -2.42. The van der Waals surface area contributed by atoms with Crippen molar-refractivity contribution in [3.8, 4) is 0 Å². The van der Waals surface area contributed by atoms with Crippen molar-refractivity contribution in [2.45, 2.75) is 70.2 Å². The third kappa shape index (κ3) is 4.99. The number of pyridine rings is 1. The molecule has 0 aromatic carbocycles. The van der Waals surface area contributed by atoms with E-state index in [2.05, 4.69) is 25.4 Å². The predicted molar refractivity (Wildman–Crippen MR) is 161 cm³/mol. The monoisotopic (exact) mass is 605 g/mol. The molecule has 3 atom stereocenters. The summed E-state index contributed by atoms with van der Waals surface area (Å²) < 4.78 is 14.0. The van der Waals surface area contributed by atoms with Crippen molar-refractivity contribution in [1.29, 1.82) is 0 Å². The maximum atomic E-state index is 12.2. The van der Waals surface area contributed by atoms with E-state index in [-0.39, 0.29) is 29.7 Å². The highest BCUT2D eigenvalue weighted by Gasteiger charge is 2.50. The molecule has 3 aromatic rings. The number of carboxylic acid groups (broad SMARTS) is 1. The number of aromatic nitrogens is 5. The number of piperidine rings is 1. The first-order valence-corrected chi connectivity index (χ1v) is 15.6. The number of carbonyl (C=O) groups excluding carboxylic acids is 1. The second kappa shape index (κ2) is 11.5. The number of hydrogen-bond acceptors (Lipinski definition) is 10. The Morgan fingerprint density at radius 2 is 1.93 bits per heavy atom. The van der Waals surface area contributed by atoms with Gasteiger partial charge in [-0.15, -0.1) is 5.10 Å². The molecular formula is C30H39N9O5. The van der Waals surface area contributed by atoms with Gasteiger partial charge in [-0.25, -0.2) is 24.4 Å². The van der Waals surface area contributed by atoms with Crippen LogP contribution in [0.5, 0.6) is 0 Å². The molecule has 3 saturated heterocycles. The van der Waals surface area contributed by atoms with Gasteiger partial charge in [0, 0.05) is 38.7 Å². The molecule has 14 heteroatoms. The van der Waals surface area contributed by atoms with Gasteiger partial charge < -0.3 is 35.0 Å². The van der Waals surface area contributed by atoms with E-state index in [1.54, 1.807) is 13.1 Å². The van der Waals surface area contributed by atoms with Crippen molar-refractivity contribution >= 4 is 40.5 Å². The second-order valence-corrected chi connectivity index (χ2v) is 12.3. The topological polar surface area (TPSA) is 160 Å². The Balaban J connectivity index is 1.21. The second-order valence-electron chi connectivity index (χ2n) is 12.3. The minimum Gasteiger partial charge on any atom is -0.465 e. The summed E-state index contributed by atoms with van der Waals surface area (Å²) in [4.78, 5) is 42.9. The standard InChI is InChI=1S/C30H39N9O5/c1-18-25(35-29(41)42)30(17-44-18)10-13-37(14-11-30)22-16-32-24-26(34-22)39(23-7-3-4-15-43-23)36-27(24)38-12-5-6-19-21(38)9-8-20(33-19)28(40)31-2/h8-9,16,18,23,25,35H,3-7,10-15,17H2,1-2H3,(H,31,40)(H,41,42)/t18-,23?,25+/m0/s1. The lowest BCUT2D eigenvalue weighted by Crippen LogP contribution is -2.54. The molecule has 44 heavy (non-hydrogen) atoms. The highest BCUT2D eigenvalue weighted by molar-refractivity contribution is 5.93. The SMILES string of the molecule is CNC(=O)c1ccc2c(n1)CCCN2c1nn(C2CCCCO2)c2nc(N3CCC4(CC3)CO[C@@H](C)[C@H]4NC(=O)O)cnc12. The molecule has 234 valence electrons. The van der Waals surface area contributed by atoms with Crippen molar-refractivity contribution in [1.82, 2.24) is 35.4 Å². The number of aryl methyl sites for hydroxylation is 1. The quantitative estimate of drug-likeness (QED) is 0.392. The average Bonchev–Trinajstić information content (AvgIpc) is 3.57. The summed E-state index contributed by atoms with van der Waals surface area (Å²) in [7, 11) is 1.60. The fraction of sp³-hybridized carbons (Fsp3) is 0.600. The summed E-state index contributed by atoms with van der Waals surface area (Å²) in [5, 5.41) is 19.9. The van der Waals surface area contributed by atoms with E-state index >= 15 is 0 Å². The molecule has 0 bridgehead atoms. The van der Waals surface area contributed by atoms with Gasteiger partial charge in [0.2, 0.25) is 0 Å². The van der Waals surface area contributed by atoms with Crippen molar-refractivity contribution < 1.29 is 24.2 Å². The maximum absolute atomic E-state index is 12.2. The Labute approximate surface area is 255 Å². The fourth-order valence-corrected chi connectivity index (χ4v) is 7.28. The number of nitrogens with one attached hydrogen (secondary N) is 2. The van der Waals surface area contributed by atoms with Crippen molar-refractivity contribution in [3.05, 3.63) is 29.7 Å². The van der Waals surface area contributed by atoms with Crippen LogP contribution in [0, 0.1) is 5.41 Å². The smallest absolute Gasteiger partial charge is 0.404 e. The maximum Gasteiger partial charge on any atom is 0.404 e. The molecule has 3 N–H and O–H groups in total. The first kappa shape index (κ1) is 28.7. The molecule has 3 fully saturated rings. The number of rotatable bonds is 5. The first-order valence-electron chi connectivity index (χ1n) is 15.6. The number of hydrogen-bond donors (Lipinski definition) is 3. The molecule has 4 aliphatic rings. The van der Waals surface area contributed by atoms with Crippen LogP contribution in [0.25, 0.3) is 11.2 Å². The predicted octanol–water partition coefficient (Wildman–Crippen LogP) is 3.01. The molecule has 7 rings (SSSR count). The number of ether oxygens (including phenoxy) is 2. The van der Waals surface area contributed by atoms with E-state index in [1.807, 2.05) is 23.9 Å². The van der Waals surface area contributed by atoms with E-state index in [4.69, 9.17) is 24.5 Å². The molecule has 1 spiro atoms. The van der Waals surface area contributed by atoms with E-state index in [1.165, 1.54) is 0 Å². The van der Waals surface area contributed by atoms with Gasteiger partial charge in [0.15, 0.2) is 23.2 Å². The molecule has 7 heterocycles. The van der Waals surface area contributed by atoms with E-state index in [0.29, 0.717) is 49.0 Å². The minimum atomic E-state index is -1.02. The van der Waals surface area contributed by atoms with E-state index < -0.39 is 6.09 Å². The Hall–Kier alpha value is -4.04. The third-order valence-electron chi connectivity index (χ3n) is 9.68. The van der Waals surface area contributed by atoms with Gasteiger partial charge in [0.05, 0.1) is 36.3 Å². The van der Waals surface area contributed by atoms with Gasteiger partial charge in [-0.05, 0) is 64.0 Å². The number of fused-ring (bicyclic) bond motifs is 2. The van der Waals surface area contributed by atoms with Crippen LogP contribution in [0.4, 0.5) is 22.1 Å². The lowest BCUT2D eigenvalue weighted by molar-refractivity contribution is -0.0368. The summed E-state index contributed by atoms with van der Waals surface area (Å²) >= 11 is 0. The van der Waals surface area contributed by atoms with Crippen LogP contribution < -0.4 is 20.4 Å². The number of amides is 2. The number of anilines is 3. The Morgan fingerprint density at radius 3 is 2.68 bits per heavy atom. The van der Waals surface area contributed by atoms with Crippen LogP contribution in [0.2, 0.25) is 0 Å². The van der Waals surface area contributed by atoms with Crippen LogP contribution in [0.3, 0.4) is 0 Å². The summed E-state index contributed by atoms with van der Waals surface area (Å²) in [6.45, 7) is 5.33. The molecule has 4 aliphatic heterocycles. The van der Waals surface area contributed by atoms with Gasteiger partial charge in [-0.2, -0.15) is 0 Å². The summed E-state index contributed by atoms with van der Waals surface area (Å²) in [6.07, 6.45) is 6.54. The largest absolute Gasteiger partial charge is 0.465 e. The van der Waals surface area contributed by atoms with Crippen LogP contribution in [0.1, 0.15) is 67.9 Å². The highest BCUT2D eigenvalue weighted by atomic mass is 16.5. The highest BCUT2D eigenvalue weighted by Crippen LogP contribution is 2.43. The van der Waals surface area contributed by atoms with E-state index in [0.717, 1.165) is 68.7 Å². The zero-order chi connectivity index (χ0) is 30.4. The third-order valence-corrected chi connectivity index (χ3v) is 9.68. The normalized spacial score (nSPS) is 24.8. The zero-order valence-electron chi connectivity index (χ0n) is 25.2. The Kier molecular flexibility index (Phi) is 7.49. The molecule has 1 unspecified atom stereocenters. The first-order chi connectivity index (χ1) is 21.4. The van der Waals surface area contributed by atoms with Gasteiger partial charge in [-0.1, -0.05) is 0 Å². The van der Waals surface area contributed by atoms with Gasteiger partial charge in [0.1, 0.15) is 11.5 Å². The van der Waals surface area contributed by atoms with Gasteiger partial charge in [-0.3, -0.25) is 4.79 Å². The average molecular weight is 606 g/mol. The summed E-state index contributed by atoms with van der Waals surface area (Å²) in [6, 6.07) is 3.45. The fourth-order valence-electron chi connectivity index (χ4n) is 7.28. The zero-order valence-corrected chi connectivity index (χ0v) is 25.2. The van der Waals surface area contributed by atoms with Crippen molar-refractivity contribution in [2.75, 3.05) is 49.7 Å². The molecule has 0 saturated carbocycles. The molecule has 0 aliphatic carbocycles. The van der Waals surface area contributed by atoms with E-state index in [9.17, 15) is 14.7 Å². The molecule has 14 nitrogen and oxygen atoms in total. The Morgan fingerprint density at radius 1 is 1.09 bits per heavy atom. The lowest BCUT2D eigenvalue weighted by atomic mass is 9.73. The summed E-state index contributed by atoms with van der Waals surface area (Å²) in [5.74, 6) is 1.27. The molecule has 2 amide bonds. The van der Waals surface area contributed by atoms with Crippen LogP contribution in [-0.4, -0.2) is 93.9 Å². The van der Waals surface area contributed by atoms with Crippen molar-refractivity contribution in [2.24, 2.45) is 5.41 Å². The Bertz CT molecular complexity index is 1560.